The van der Waals surface area contributed by atoms with Crippen molar-refractivity contribution < 1.29 is 4.39 Å². The normalized spacial score (nSPS) is 14.0. The van der Waals surface area contributed by atoms with E-state index in [0.717, 1.165) is 55.1 Å². The van der Waals surface area contributed by atoms with Crippen molar-refractivity contribution in [2.24, 2.45) is 0 Å². The molecule has 1 aromatic carbocycles. The Hall–Kier alpha value is -2.97. The van der Waals surface area contributed by atoms with E-state index < -0.39 is 5.82 Å². The molecule has 1 aliphatic heterocycles. The van der Waals surface area contributed by atoms with Crippen LogP contribution < -0.4 is 5.32 Å². The van der Waals surface area contributed by atoms with Crippen LogP contribution in [0.5, 0.6) is 0 Å². The summed E-state index contributed by atoms with van der Waals surface area (Å²) in [5.74, 6) is 0.951. The highest BCUT2D eigenvalue weighted by Crippen LogP contribution is 2.29. The van der Waals surface area contributed by atoms with E-state index in [-0.39, 0.29) is 0 Å². The third-order valence-electron chi connectivity index (χ3n) is 5.61. The minimum Gasteiger partial charge on any atom is -0.369 e. The molecule has 4 aromatic rings. The fourth-order valence-electron chi connectivity index (χ4n) is 4.03. The molecule has 8 heteroatoms. The molecular weight excluding hydrogens is 411 g/mol. The van der Waals surface area contributed by atoms with Gasteiger partial charge in [-0.1, -0.05) is 30.1 Å². The molecule has 2 N–H and O–H groups in total. The fourth-order valence-corrected chi connectivity index (χ4v) is 4.55. The molecule has 0 aliphatic carbocycles. The SMILES string of the molecule is CSN1CCc2c(nc(-c3cncc(F)c3)nc2NCCc2c[nH]c3ccccc23)C1. The van der Waals surface area contributed by atoms with Crippen LogP contribution in [0.15, 0.2) is 48.9 Å². The summed E-state index contributed by atoms with van der Waals surface area (Å²) < 4.78 is 16.0. The Morgan fingerprint density at radius 3 is 3.00 bits per heavy atom. The number of para-hydroxylation sites is 1. The molecule has 0 atom stereocenters. The molecule has 0 radical (unpaired) electrons. The Morgan fingerprint density at radius 2 is 2.13 bits per heavy atom. The molecule has 0 bridgehead atoms. The number of nitrogens with one attached hydrogen (secondary N) is 2. The zero-order valence-corrected chi connectivity index (χ0v) is 18.0. The van der Waals surface area contributed by atoms with Crippen molar-refractivity contribution in [3.63, 3.8) is 0 Å². The van der Waals surface area contributed by atoms with E-state index in [2.05, 4.69) is 50.2 Å². The molecule has 1 aliphatic rings. The van der Waals surface area contributed by atoms with Crippen LogP contribution in [0, 0.1) is 5.82 Å². The van der Waals surface area contributed by atoms with Gasteiger partial charge in [-0.25, -0.2) is 18.7 Å². The molecule has 0 saturated carbocycles. The highest BCUT2D eigenvalue weighted by atomic mass is 32.2. The molecule has 0 amide bonds. The molecule has 4 heterocycles. The molecular formula is C23H23FN6S. The summed E-state index contributed by atoms with van der Waals surface area (Å²) in [6, 6.07) is 9.75. The van der Waals surface area contributed by atoms with Crippen LogP contribution in [0.1, 0.15) is 16.8 Å². The van der Waals surface area contributed by atoms with Gasteiger partial charge in [-0.2, -0.15) is 0 Å². The van der Waals surface area contributed by atoms with Crippen LogP contribution in [0.25, 0.3) is 22.3 Å². The van der Waals surface area contributed by atoms with E-state index in [1.807, 2.05) is 6.07 Å². The lowest BCUT2D eigenvalue weighted by Gasteiger charge is -2.27. The zero-order valence-electron chi connectivity index (χ0n) is 17.2. The first-order valence-electron chi connectivity index (χ1n) is 10.3. The lowest BCUT2D eigenvalue weighted by atomic mass is 10.1. The quantitative estimate of drug-likeness (QED) is 0.437. The van der Waals surface area contributed by atoms with E-state index in [1.54, 1.807) is 18.1 Å². The summed E-state index contributed by atoms with van der Waals surface area (Å²) in [4.78, 5) is 16.8. The predicted molar refractivity (Wildman–Crippen MR) is 123 cm³/mol. The summed E-state index contributed by atoms with van der Waals surface area (Å²) >= 11 is 1.71. The van der Waals surface area contributed by atoms with E-state index in [4.69, 9.17) is 9.97 Å². The average Bonchev–Trinajstić information content (AvgIpc) is 3.21. The number of fused-ring (bicyclic) bond motifs is 2. The van der Waals surface area contributed by atoms with Crippen LogP contribution in [0.2, 0.25) is 0 Å². The minimum absolute atomic E-state index is 0.390. The number of rotatable bonds is 6. The average molecular weight is 435 g/mol. The predicted octanol–water partition coefficient (Wildman–Crippen LogP) is 4.45. The molecule has 0 unspecified atom stereocenters. The number of hydrogen-bond acceptors (Lipinski definition) is 6. The van der Waals surface area contributed by atoms with E-state index >= 15 is 0 Å². The molecule has 3 aromatic heterocycles. The molecule has 0 fully saturated rings. The highest BCUT2D eigenvalue weighted by molar-refractivity contribution is 7.96. The van der Waals surface area contributed by atoms with Gasteiger partial charge in [0, 0.05) is 47.5 Å². The highest BCUT2D eigenvalue weighted by Gasteiger charge is 2.22. The smallest absolute Gasteiger partial charge is 0.163 e. The summed E-state index contributed by atoms with van der Waals surface area (Å²) in [7, 11) is 0. The van der Waals surface area contributed by atoms with Gasteiger partial charge in [-0.05, 0) is 36.8 Å². The largest absolute Gasteiger partial charge is 0.369 e. The third kappa shape index (κ3) is 4.13. The van der Waals surface area contributed by atoms with Gasteiger partial charge < -0.3 is 10.3 Å². The van der Waals surface area contributed by atoms with Crippen molar-refractivity contribution in [1.29, 1.82) is 0 Å². The lowest BCUT2D eigenvalue weighted by molar-refractivity contribution is 0.437. The minimum atomic E-state index is -0.390. The standard InChI is InChI=1S/C23H23FN6S/c1-31-30-9-7-19-21(14-30)28-22(16-10-17(24)13-25-11-16)29-23(19)26-8-6-15-12-27-20-5-3-2-4-18(15)20/h2-5,10-13,27H,6-9,14H2,1H3,(H,26,28,29). The molecule has 158 valence electrons. The fraction of sp³-hybridized carbons (Fsp3) is 0.261. The summed E-state index contributed by atoms with van der Waals surface area (Å²) in [5.41, 5.74) is 5.15. The number of hydrogen-bond donors (Lipinski definition) is 2. The van der Waals surface area contributed by atoms with Crippen LogP contribution in [-0.2, 0) is 19.4 Å². The maximum atomic E-state index is 13.7. The van der Waals surface area contributed by atoms with Crippen molar-refractivity contribution in [2.75, 3.05) is 24.7 Å². The first-order valence-corrected chi connectivity index (χ1v) is 11.5. The van der Waals surface area contributed by atoms with Crippen LogP contribution in [0.3, 0.4) is 0 Å². The topological polar surface area (TPSA) is 69.7 Å². The number of H-pyrrole nitrogens is 1. The van der Waals surface area contributed by atoms with Gasteiger partial charge in [0.15, 0.2) is 5.82 Å². The monoisotopic (exact) mass is 434 g/mol. The van der Waals surface area contributed by atoms with Crippen molar-refractivity contribution in [2.45, 2.75) is 19.4 Å². The van der Waals surface area contributed by atoms with Crippen LogP contribution in [0.4, 0.5) is 10.2 Å². The summed E-state index contributed by atoms with van der Waals surface area (Å²) in [6.45, 7) is 2.44. The Morgan fingerprint density at radius 1 is 1.23 bits per heavy atom. The van der Waals surface area contributed by atoms with Crippen molar-refractivity contribution in [1.82, 2.24) is 24.2 Å². The lowest BCUT2D eigenvalue weighted by Crippen LogP contribution is -2.27. The first kappa shape index (κ1) is 20.0. The van der Waals surface area contributed by atoms with E-state index in [0.29, 0.717) is 11.4 Å². The van der Waals surface area contributed by atoms with Gasteiger partial charge in [0.2, 0.25) is 0 Å². The second-order valence-electron chi connectivity index (χ2n) is 7.55. The zero-order chi connectivity index (χ0) is 21.2. The van der Waals surface area contributed by atoms with Crippen molar-refractivity contribution >= 4 is 28.7 Å². The second kappa shape index (κ2) is 8.64. The van der Waals surface area contributed by atoms with Crippen LogP contribution >= 0.6 is 11.9 Å². The maximum Gasteiger partial charge on any atom is 0.163 e. The van der Waals surface area contributed by atoms with Gasteiger partial charge >= 0.3 is 0 Å². The van der Waals surface area contributed by atoms with Gasteiger partial charge in [0.05, 0.1) is 18.4 Å². The van der Waals surface area contributed by atoms with Gasteiger partial charge in [-0.15, -0.1) is 0 Å². The molecule has 5 rings (SSSR count). The second-order valence-corrected chi connectivity index (χ2v) is 8.43. The number of pyridine rings is 1. The van der Waals surface area contributed by atoms with E-state index in [9.17, 15) is 4.39 Å². The Balaban J connectivity index is 1.43. The Kier molecular flexibility index (Phi) is 5.57. The number of aromatic amines is 1. The molecule has 0 spiro atoms. The molecule has 6 nitrogen and oxygen atoms in total. The number of benzene rings is 1. The summed E-state index contributed by atoms with van der Waals surface area (Å²) in [5, 5.41) is 4.78. The first-order chi connectivity index (χ1) is 15.2. The number of halogens is 1. The van der Waals surface area contributed by atoms with Crippen LogP contribution in [-0.4, -0.2) is 43.6 Å². The molecule has 0 saturated heterocycles. The third-order valence-corrected chi connectivity index (χ3v) is 6.44. The maximum absolute atomic E-state index is 13.7. The number of anilines is 1. The van der Waals surface area contributed by atoms with Crippen molar-refractivity contribution in [3.05, 3.63) is 71.6 Å². The Labute approximate surface area is 184 Å². The van der Waals surface area contributed by atoms with Gasteiger partial charge in [0.1, 0.15) is 11.6 Å². The van der Waals surface area contributed by atoms with Gasteiger partial charge in [-0.3, -0.25) is 4.98 Å². The molecule has 31 heavy (non-hydrogen) atoms. The number of nitrogens with zero attached hydrogens (tertiary/aromatic N) is 4. The van der Waals surface area contributed by atoms with Crippen molar-refractivity contribution in [3.8, 4) is 11.4 Å². The Bertz CT molecular complexity index is 1220. The van der Waals surface area contributed by atoms with Gasteiger partial charge in [0.25, 0.3) is 0 Å². The summed E-state index contributed by atoms with van der Waals surface area (Å²) in [6.07, 6.45) is 8.70. The van der Waals surface area contributed by atoms with E-state index in [1.165, 1.54) is 23.2 Å². The number of aromatic nitrogens is 4.